The Balaban J connectivity index is 1.93. The first-order valence-electron chi connectivity index (χ1n) is 7.76. The van der Waals surface area contributed by atoms with Crippen LogP contribution in [0, 0.1) is 5.92 Å². The van der Waals surface area contributed by atoms with Crippen molar-refractivity contribution in [1.29, 1.82) is 0 Å². The van der Waals surface area contributed by atoms with Gasteiger partial charge in [-0.15, -0.1) is 0 Å². The molecule has 2 atom stereocenters. The highest BCUT2D eigenvalue weighted by molar-refractivity contribution is 5.07. The second-order valence-electron chi connectivity index (χ2n) is 7.04. The third-order valence-corrected chi connectivity index (χ3v) is 4.20. The number of nitrogens with one attached hydrogen (secondary N) is 2. The van der Waals surface area contributed by atoms with Crippen LogP contribution < -0.4 is 5.32 Å². The molecular weight excluding hydrogens is 234 g/mol. The second kappa shape index (κ2) is 6.08. The van der Waals surface area contributed by atoms with Crippen LogP contribution in [0.5, 0.6) is 0 Å². The molecule has 1 fully saturated rings. The lowest BCUT2D eigenvalue weighted by Crippen LogP contribution is -2.35. The molecule has 3 nitrogen and oxygen atoms in total. The molecule has 2 rings (SSSR count). The normalized spacial score (nSPS) is 24.6. The summed E-state index contributed by atoms with van der Waals surface area (Å²) in [5.41, 5.74) is 1.37. The van der Waals surface area contributed by atoms with Gasteiger partial charge >= 0.3 is 0 Å². The van der Waals surface area contributed by atoms with Crippen molar-refractivity contribution < 1.29 is 0 Å². The largest absolute Gasteiger partial charge is 0.345 e. The van der Waals surface area contributed by atoms with Gasteiger partial charge < -0.3 is 10.3 Å². The SMILES string of the molecule is CCC1CCCC(c2ncc(CNC(C)(C)C)[nH]2)C1. The van der Waals surface area contributed by atoms with Gasteiger partial charge in [0.15, 0.2) is 0 Å². The number of hydrogen-bond acceptors (Lipinski definition) is 2. The maximum absolute atomic E-state index is 4.61. The van der Waals surface area contributed by atoms with Crippen molar-refractivity contribution in [3.8, 4) is 0 Å². The van der Waals surface area contributed by atoms with Crippen LogP contribution in [-0.2, 0) is 6.54 Å². The second-order valence-corrected chi connectivity index (χ2v) is 7.04. The number of rotatable bonds is 4. The van der Waals surface area contributed by atoms with Gasteiger partial charge in [0, 0.05) is 29.9 Å². The number of hydrogen-bond donors (Lipinski definition) is 2. The van der Waals surface area contributed by atoms with E-state index in [2.05, 4.69) is 43.0 Å². The molecule has 1 saturated carbocycles. The van der Waals surface area contributed by atoms with Crippen LogP contribution in [0.25, 0.3) is 0 Å². The van der Waals surface area contributed by atoms with Gasteiger partial charge in [-0.3, -0.25) is 0 Å². The molecule has 1 aliphatic rings. The summed E-state index contributed by atoms with van der Waals surface area (Å²) >= 11 is 0. The maximum atomic E-state index is 4.61. The number of nitrogens with zero attached hydrogens (tertiary/aromatic N) is 1. The number of H-pyrrole nitrogens is 1. The van der Waals surface area contributed by atoms with Crippen LogP contribution in [0.15, 0.2) is 6.20 Å². The lowest BCUT2D eigenvalue weighted by molar-refractivity contribution is 0.308. The maximum Gasteiger partial charge on any atom is 0.109 e. The Bertz CT molecular complexity index is 389. The Labute approximate surface area is 117 Å². The van der Waals surface area contributed by atoms with E-state index in [0.717, 1.165) is 12.5 Å². The number of imidazole rings is 1. The Hall–Kier alpha value is -0.830. The molecule has 0 radical (unpaired) electrons. The van der Waals surface area contributed by atoms with Gasteiger partial charge in [0.1, 0.15) is 5.82 Å². The molecule has 19 heavy (non-hydrogen) atoms. The van der Waals surface area contributed by atoms with E-state index in [4.69, 9.17) is 0 Å². The molecule has 0 bridgehead atoms. The smallest absolute Gasteiger partial charge is 0.109 e. The van der Waals surface area contributed by atoms with Gasteiger partial charge in [-0.25, -0.2) is 4.98 Å². The van der Waals surface area contributed by atoms with E-state index in [1.165, 1.54) is 43.6 Å². The molecular formula is C16H29N3. The molecule has 0 aliphatic heterocycles. The fraction of sp³-hybridized carbons (Fsp3) is 0.812. The molecule has 0 aromatic carbocycles. The van der Waals surface area contributed by atoms with Crippen LogP contribution in [0.1, 0.15) is 77.2 Å². The minimum atomic E-state index is 0.156. The first-order valence-corrected chi connectivity index (χ1v) is 7.76. The summed E-state index contributed by atoms with van der Waals surface area (Å²) in [6.07, 6.45) is 8.71. The Kier molecular flexibility index (Phi) is 4.67. The fourth-order valence-electron chi connectivity index (χ4n) is 2.94. The molecule has 0 spiro atoms. The number of aromatic amines is 1. The molecule has 1 aromatic rings. The van der Waals surface area contributed by atoms with Crippen molar-refractivity contribution >= 4 is 0 Å². The van der Waals surface area contributed by atoms with E-state index in [1.807, 2.05) is 6.20 Å². The van der Waals surface area contributed by atoms with Crippen LogP contribution in [0.2, 0.25) is 0 Å². The van der Waals surface area contributed by atoms with E-state index in [9.17, 15) is 0 Å². The molecule has 2 N–H and O–H groups in total. The van der Waals surface area contributed by atoms with E-state index >= 15 is 0 Å². The van der Waals surface area contributed by atoms with E-state index in [0.29, 0.717) is 5.92 Å². The van der Waals surface area contributed by atoms with Crippen molar-refractivity contribution in [2.75, 3.05) is 0 Å². The molecule has 1 aromatic heterocycles. The molecule has 3 heteroatoms. The Morgan fingerprint density at radius 1 is 1.37 bits per heavy atom. The summed E-state index contributed by atoms with van der Waals surface area (Å²) in [6.45, 7) is 9.76. The Morgan fingerprint density at radius 3 is 2.84 bits per heavy atom. The molecule has 2 unspecified atom stereocenters. The van der Waals surface area contributed by atoms with Gasteiger partial charge in [0.2, 0.25) is 0 Å². The average molecular weight is 263 g/mol. The van der Waals surface area contributed by atoms with E-state index in [1.54, 1.807) is 0 Å². The lowest BCUT2D eigenvalue weighted by atomic mass is 9.80. The zero-order valence-electron chi connectivity index (χ0n) is 12.9. The van der Waals surface area contributed by atoms with Crippen LogP contribution in [0.3, 0.4) is 0 Å². The summed E-state index contributed by atoms with van der Waals surface area (Å²) in [6, 6.07) is 0. The standard InChI is InChI=1S/C16H29N3/c1-5-12-7-6-8-13(9-12)15-17-10-14(19-15)11-18-16(2,3)4/h10,12-13,18H,5-9,11H2,1-4H3,(H,17,19). The third-order valence-electron chi connectivity index (χ3n) is 4.20. The summed E-state index contributed by atoms with van der Waals surface area (Å²) < 4.78 is 0. The quantitative estimate of drug-likeness (QED) is 0.862. The van der Waals surface area contributed by atoms with Crippen LogP contribution in [-0.4, -0.2) is 15.5 Å². The highest BCUT2D eigenvalue weighted by Crippen LogP contribution is 2.36. The topological polar surface area (TPSA) is 40.7 Å². The van der Waals surface area contributed by atoms with Crippen molar-refractivity contribution in [3.05, 3.63) is 17.7 Å². The first kappa shape index (κ1) is 14.6. The highest BCUT2D eigenvalue weighted by Gasteiger charge is 2.24. The monoisotopic (exact) mass is 263 g/mol. The first-order chi connectivity index (χ1) is 8.98. The van der Waals surface area contributed by atoms with Crippen LogP contribution in [0.4, 0.5) is 0 Å². The fourth-order valence-corrected chi connectivity index (χ4v) is 2.94. The van der Waals surface area contributed by atoms with Gasteiger partial charge in [-0.1, -0.05) is 26.2 Å². The zero-order chi connectivity index (χ0) is 13.9. The predicted octanol–water partition coefficient (Wildman–Crippen LogP) is 3.98. The molecule has 1 heterocycles. The highest BCUT2D eigenvalue weighted by atomic mass is 15.0. The average Bonchev–Trinajstić information content (AvgIpc) is 2.84. The van der Waals surface area contributed by atoms with Gasteiger partial charge in [0.05, 0.1) is 0 Å². The summed E-state index contributed by atoms with van der Waals surface area (Å²) in [5.74, 6) is 2.77. The minimum absolute atomic E-state index is 0.156. The Morgan fingerprint density at radius 2 is 2.16 bits per heavy atom. The van der Waals surface area contributed by atoms with Crippen molar-refractivity contribution in [2.45, 2.75) is 77.8 Å². The van der Waals surface area contributed by atoms with Gasteiger partial charge in [0.25, 0.3) is 0 Å². The predicted molar refractivity (Wildman–Crippen MR) is 80.2 cm³/mol. The van der Waals surface area contributed by atoms with Gasteiger partial charge in [-0.2, -0.15) is 0 Å². The van der Waals surface area contributed by atoms with Crippen molar-refractivity contribution in [2.24, 2.45) is 5.92 Å². The van der Waals surface area contributed by atoms with Crippen molar-refractivity contribution in [3.63, 3.8) is 0 Å². The third kappa shape index (κ3) is 4.34. The minimum Gasteiger partial charge on any atom is -0.345 e. The summed E-state index contributed by atoms with van der Waals surface area (Å²) in [5, 5.41) is 3.50. The summed E-state index contributed by atoms with van der Waals surface area (Å²) in [4.78, 5) is 8.14. The molecule has 0 amide bonds. The van der Waals surface area contributed by atoms with Crippen molar-refractivity contribution in [1.82, 2.24) is 15.3 Å². The van der Waals surface area contributed by atoms with Crippen LogP contribution >= 0.6 is 0 Å². The van der Waals surface area contributed by atoms with Gasteiger partial charge in [-0.05, 0) is 39.5 Å². The molecule has 0 saturated heterocycles. The molecule has 108 valence electrons. The lowest BCUT2D eigenvalue weighted by Gasteiger charge is -2.27. The zero-order valence-corrected chi connectivity index (χ0v) is 12.9. The van der Waals surface area contributed by atoms with E-state index < -0.39 is 0 Å². The number of aromatic nitrogens is 2. The van der Waals surface area contributed by atoms with E-state index in [-0.39, 0.29) is 5.54 Å². The molecule has 1 aliphatic carbocycles. The summed E-state index contributed by atoms with van der Waals surface area (Å²) in [7, 11) is 0.